The highest BCUT2D eigenvalue weighted by Crippen LogP contribution is 2.33. The van der Waals surface area contributed by atoms with Crippen molar-refractivity contribution in [3.63, 3.8) is 0 Å². The summed E-state index contributed by atoms with van der Waals surface area (Å²) in [7, 11) is 0. The molecule has 1 saturated carbocycles. The summed E-state index contributed by atoms with van der Waals surface area (Å²) in [6.45, 7) is 4.49. The molecule has 3 N–H and O–H groups in total. The van der Waals surface area contributed by atoms with Gasteiger partial charge in [-0.25, -0.2) is 9.69 Å². The summed E-state index contributed by atoms with van der Waals surface area (Å²) in [5.41, 5.74) is 1.41. The van der Waals surface area contributed by atoms with Crippen LogP contribution in [-0.4, -0.2) is 76.2 Å². The lowest BCUT2D eigenvalue weighted by molar-refractivity contribution is -0.142. The van der Waals surface area contributed by atoms with E-state index in [1.807, 2.05) is 37.3 Å². The first-order valence-corrected chi connectivity index (χ1v) is 17.1. The van der Waals surface area contributed by atoms with Gasteiger partial charge >= 0.3 is 6.03 Å². The highest BCUT2D eigenvalue weighted by atomic mass is 16.2. The van der Waals surface area contributed by atoms with Gasteiger partial charge in [0, 0.05) is 12.5 Å². The first-order chi connectivity index (χ1) is 23.5. The van der Waals surface area contributed by atoms with E-state index in [1.165, 1.54) is 11.8 Å². The lowest BCUT2D eigenvalue weighted by Crippen LogP contribution is -2.55. The van der Waals surface area contributed by atoms with Crippen LogP contribution in [0.25, 0.3) is 0 Å². The fourth-order valence-electron chi connectivity index (χ4n) is 6.60. The molecule has 49 heavy (non-hydrogen) atoms. The highest BCUT2D eigenvalue weighted by Gasteiger charge is 2.47. The Hall–Kier alpha value is -4.87. The molecule has 0 spiro atoms. The van der Waals surface area contributed by atoms with Crippen LogP contribution in [0.2, 0.25) is 0 Å². The van der Waals surface area contributed by atoms with Crippen LogP contribution in [0.4, 0.5) is 4.79 Å². The fraction of sp³-hybridized carbons (Fsp3) is 0.486. The average molecular weight is 674 g/mol. The third-order valence-electron chi connectivity index (χ3n) is 9.37. The molecule has 2 aromatic rings. The van der Waals surface area contributed by atoms with Gasteiger partial charge in [0.1, 0.15) is 12.1 Å². The van der Waals surface area contributed by atoms with Crippen LogP contribution in [0.15, 0.2) is 60.7 Å². The summed E-state index contributed by atoms with van der Waals surface area (Å²) in [6.07, 6.45) is 5.43. The lowest BCUT2D eigenvalue weighted by Gasteiger charge is -2.31. The van der Waals surface area contributed by atoms with Gasteiger partial charge in [0.25, 0.3) is 5.91 Å². The van der Waals surface area contributed by atoms with Crippen LogP contribution < -0.4 is 16.0 Å². The highest BCUT2D eigenvalue weighted by molar-refractivity contribution is 6.38. The van der Waals surface area contributed by atoms with E-state index < -0.39 is 66.0 Å². The maximum atomic E-state index is 13.9. The zero-order valence-electron chi connectivity index (χ0n) is 28.5. The Labute approximate surface area is 287 Å². The van der Waals surface area contributed by atoms with Crippen LogP contribution in [-0.2, 0) is 35.3 Å². The molecule has 1 aliphatic heterocycles. The van der Waals surface area contributed by atoms with E-state index in [4.69, 9.17) is 0 Å². The summed E-state index contributed by atoms with van der Waals surface area (Å²) in [6, 6.07) is 13.9. The lowest BCUT2D eigenvalue weighted by atomic mass is 9.80. The number of carbonyl (C=O) groups is 7. The van der Waals surface area contributed by atoms with Gasteiger partial charge in [-0.15, -0.1) is 0 Å². The number of hydrogen-bond donors (Lipinski definition) is 3. The smallest absolute Gasteiger partial charge is 0.327 e. The molecular weight excluding hydrogens is 626 g/mol. The van der Waals surface area contributed by atoms with Gasteiger partial charge in [0.15, 0.2) is 5.78 Å². The molecule has 12 heteroatoms. The van der Waals surface area contributed by atoms with E-state index in [1.54, 1.807) is 37.3 Å². The molecule has 2 aromatic carbocycles. The zero-order valence-corrected chi connectivity index (χ0v) is 28.5. The van der Waals surface area contributed by atoms with Crippen LogP contribution >= 0.6 is 0 Å². The molecule has 1 saturated heterocycles. The Morgan fingerprint density at radius 3 is 2.12 bits per heavy atom. The molecule has 1 aliphatic carbocycles. The van der Waals surface area contributed by atoms with Crippen molar-refractivity contribution in [1.82, 2.24) is 25.8 Å². The third-order valence-corrected chi connectivity index (χ3v) is 9.37. The summed E-state index contributed by atoms with van der Waals surface area (Å²) < 4.78 is 0. The van der Waals surface area contributed by atoms with Crippen LogP contribution in [0.1, 0.15) is 82.9 Å². The SMILES string of the molecule is CCCC(NC(=O)C1CN(Cc2ccccc2)C(=O)N1C(=O)C(C)C1CCCCC1)C(=O)C(=O)NCC(=O)NC(C(C)=O)c1ccccc1. The van der Waals surface area contributed by atoms with Crippen LogP contribution in [0, 0.1) is 11.8 Å². The summed E-state index contributed by atoms with van der Waals surface area (Å²) in [5.74, 6) is -4.52. The minimum Gasteiger partial charge on any atom is -0.344 e. The Kier molecular flexibility index (Phi) is 13.2. The topological polar surface area (TPSA) is 162 Å². The van der Waals surface area contributed by atoms with Gasteiger partial charge in [-0.3, -0.25) is 28.8 Å². The van der Waals surface area contributed by atoms with Gasteiger partial charge in [-0.2, -0.15) is 0 Å². The van der Waals surface area contributed by atoms with Crippen LogP contribution in [0.5, 0.6) is 0 Å². The maximum Gasteiger partial charge on any atom is 0.327 e. The number of imide groups is 1. The summed E-state index contributed by atoms with van der Waals surface area (Å²) >= 11 is 0. The van der Waals surface area contributed by atoms with Crippen LogP contribution in [0.3, 0.4) is 0 Å². The quantitative estimate of drug-likeness (QED) is 0.244. The molecular formula is C37H47N5O7. The molecule has 4 unspecified atom stereocenters. The van der Waals surface area contributed by atoms with Crippen molar-refractivity contribution in [2.45, 2.75) is 90.4 Å². The zero-order chi connectivity index (χ0) is 35.5. The molecule has 2 aliphatic rings. The molecule has 4 rings (SSSR count). The average Bonchev–Trinajstić information content (AvgIpc) is 3.44. The number of nitrogens with one attached hydrogen (secondary N) is 3. The van der Waals surface area contributed by atoms with Gasteiger partial charge < -0.3 is 20.9 Å². The van der Waals surface area contributed by atoms with E-state index in [0.29, 0.717) is 12.0 Å². The minimum atomic E-state index is -1.25. The van der Waals surface area contributed by atoms with E-state index >= 15 is 0 Å². The number of ketones is 2. The van der Waals surface area contributed by atoms with Gasteiger partial charge in [0.05, 0.1) is 19.1 Å². The minimum absolute atomic E-state index is 0.0686. The largest absolute Gasteiger partial charge is 0.344 e. The number of carbonyl (C=O) groups excluding carboxylic acids is 7. The number of nitrogens with zero attached hydrogens (tertiary/aromatic N) is 2. The molecule has 4 atom stereocenters. The van der Waals surface area contributed by atoms with Crippen molar-refractivity contribution < 1.29 is 33.6 Å². The number of urea groups is 1. The number of amides is 6. The standard InChI is InChI=1S/C37H47N5O7/c1-4-14-29(33(45)35(47)38-21-31(44)40-32(25(3)43)28-19-12-7-13-20-28)39-34(46)30-23-41(22-26-15-8-5-9-16-26)37(49)42(30)36(48)24(2)27-17-10-6-11-18-27/h5,7-9,12-13,15-16,19-20,24,27,29-30,32H,4,6,10-11,14,17-18,21-23H2,1-3H3,(H,38,47)(H,39,46)(H,40,44). The summed E-state index contributed by atoms with van der Waals surface area (Å²) in [4.78, 5) is 94.9. The Morgan fingerprint density at radius 2 is 1.51 bits per heavy atom. The Balaban J connectivity index is 1.44. The Morgan fingerprint density at radius 1 is 0.878 bits per heavy atom. The third kappa shape index (κ3) is 9.61. The molecule has 1 heterocycles. The van der Waals surface area contributed by atoms with Gasteiger partial charge in [-0.05, 0) is 43.2 Å². The normalized spacial score (nSPS) is 18.3. The van der Waals surface area contributed by atoms with Crippen molar-refractivity contribution >= 4 is 41.2 Å². The van der Waals surface area contributed by atoms with E-state index in [2.05, 4.69) is 16.0 Å². The van der Waals surface area contributed by atoms with Gasteiger partial charge in [0.2, 0.25) is 23.5 Å². The molecule has 0 aromatic heterocycles. The molecule has 0 bridgehead atoms. The second kappa shape index (κ2) is 17.5. The predicted molar refractivity (Wildman–Crippen MR) is 181 cm³/mol. The number of hydrogen-bond acceptors (Lipinski definition) is 7. The number of rotatable bonds is 15. The monoisotopic (exact) mass is 673 g/mol. The second-order valence-electron chi connectivity index (χ2n) is 13.0. The first-order valence-electron chi connectivity index (χ1n) is 17.1. The van der Waals surface area contributed by atoms with Crippen molar-refractivity contribution in [1.29, 1.82) is 0 Å². The number of benzene rings is 2. The molecule has 12 nitrogen and oxygen atoms in total. The Bertz CT molecular complexity index is 1510. The molecule has 0 radical (unpaired) electrons. The van der Waals surface area contributed by atoms with E-state index in [0.717, 1.165) is 42.6 Å². The maximum absolute atomic E-state index is 13.9. The first kappa shape index (κ1) is 37.0. The van der Waals surface area contributed by atoms with Crippen molar-refractivity contribution in [3.05, 3.63) is 71.8 Å². The molecule has 6 amide bonds. The predicted octanol–water partition coefficient (Wildman–Crippen LogP) is 3.45. The van der Waals surface area contributed by atoms with Crippen molar-refractivity contribution in [2.24, 2.45) is 11.8 Å². The molecule has 262 valence electrons. The number of Topliss-reactive ketones (excluding diaryl/α,β-unsaturated/α-hetero) is 2. The van der Waals surface area contributed by atoms with Crippen molar-refractivity contribution in [2.75, 3.05) is 13.1 Å². The fourth-order valence-corrected chi connectivity index (χ4v) is 6.60. The van der Waals surface area contributed by atoms with E-state index in [-0.39, 0.29) is 31.2 Å². The summed E-state index contributed by atoms with van der Waals surface area (Å²) in [5, 5.41) is 7.49. The van der Waals surface area contributed by atoms with Crippen molar-refractivity contribution in [3.8, 4) is 0 Å². The molecule has 2 fully saturated rings. The van der Waals surface area contributed by atoms with Gasteiger partial charge in [-0.1, -0.05) is 100 Å². The van der Waals surface area contributed by atoms with E-state index in [9.17, 15) is 33.6 Å². The second-order valence-corrected chi connectivity index (χ2v) is 13.0.